The van der Waals surface area contributed by atoms with E-state index in [-0.39, 0.29) is 11.6 Å². The molecule has 2 amide bonds. The Balaban J connectivity index is 1.33. The fraction of sp³-hybridized carbons (Fsp3) is 0.250. The molecule has 0 bridgehead atoms. The number of methoxy groups -OCH3 is 1. The van der Waals surface area contributed by atoms with Gasteiger partial charge in [-0.1, -0.05) is 24.3 Å². The largest absolute Gasteiger partial charge is 0.465 e. The number of anilines is 2. The van der Waals surface area contributed by atoms with Gasteiger partial charge in [0.05, 0.1) is 35.3 Å². The normalized spacial score (nSPS) is 16.1. The van der Waals surface area contributed by atoms with Crippen LogP contribution >= 0.6 is 0 Å². The summed E-state index contributed by atoms with van der Waals surface area (Å²) in [5, 5.41) is 6.63. The van der Waals surface area contributed by atoms with Crippen molar-refractivity contribution in [2.45, 2.75) is 18.4 Å². The lowest BCUT2D eigenvalue weighted by Crippen LogP contribution is -2.51. The van der Waals surface area contributed by atoms with E-state index in [4.69, 9.17) is 4.74 Å². The van der Waals surface area contributed by atoms with Crippen LogP contribution in [0.25, 0.3) is 5.69 Å². The first kappa shape index (κ1) is 19.2. The number of carbonyl (C=O) groups excluding carboxylic acids is 2. The number of carbonyl (C=O) groups is 2. The molecule has 0 saturated carbocycles. The van der Waals surface area contributed by atoms with Gasteiger partial charge in [-0.2, -0.15) is 0 Å². The number of ether oxygens (including phenoxy) is 1. The number of fused-ring (bicyclic) bond motifs is 4. The van der Waals surface area contributed by atoms with Crippen LogP contribution < -0.4 is 10.6 Å². The maximum Gasteiger partial charge on any atom is 0.339 e. The van der Waals surface area contributed by atoms with Gasteiger partial charge >= 0.3 is 12.0 Å². The van der Waals surface area contributed by atoms with Crippen molar-refractivity contribution in [2.24, 2.45) is 0 Å². The minimum atomic E-state index is -0.473. The Labute approximate surface area is 180 Å². The zero-order chi connectivity index (χ0) is 21.4. The summed E-state index contributed by atoms with van der Waals surface area (Å²) >= 11 is 0. The summed E-state index contributed by atoms with van der Waals surface area (Å²) in [4.78, 5) is 26.7. The minimum absolute atomic E-state index is 0.210. The maximum absolute atomic E-state index is 12.9. The number of aromatic nitrogens is 1. The Morgan fingerprint density at radius 3 is 2.55 bits per heavy atom. The number of nitrogens with one attached hydrogen (secondary N) is 2. The van der Waals surface area contributed by atoms with E-state index in [0.717, 1.165) is 24.2 Å². The van der Waals surface area contributed by atoms with Crippen LogP contribution in [0.3, 0.4) is 0 Å². The summed E-state index contributed by atoms with van der Waals surface area (Å²) < 4.78 is 7.06. The summed E-state index contributed by atoms with van der Waals surface area (Å²) in [5.74, 6) is -0.473. The average molecular weight is 416 g/mol. The number of nitrogens with zero attached hydrogens (tertiary/aromatic N) is 2. The van der Waals surface area contributed by atoms with Gasteiger partial charge in [-0.15, -0.1) is 0 Å². The molecule has 0 radical (unpaired) electrons. The second-order valence-electron chi connectivity index (χ2n) is 7.94. The number of rotatable bonds is 2. The predicted molar refractivity (Wildman–Crippen MR) is 119 cm³/mol. The predicted octanol–water partition coefficient (Wildman–Crippen LogP) is 4.21. The van der Waals surface area contributed by atoms with Gasteiger partial charge in [0.1, 0.15) is 0 Å². The number of amides is 2. The molecule has 0 atom stereocenters. The maximum atomic E-state index is 12.9. The highest BCUT2D eigenvalue weighted by molar-refractivity contribution is 6.00. The van der Waals surface area contributed by atoms with Crippen LogP contribution in [0, 0.1) is 0 Å². The van der Waals surface area contributed by atoms with Gasteiger partial charge in [-0.25, -0.2) is 9.59 Å². The second-order valence-corrected chi connectivity index (χ2v) is 7.94. The fourth-order valence-electron chi connectivity index (χ4n) is 4.64. The molecule has 3 aromatic rings. The number of benzene rings is 2. The number of esters is 1. The van der Waals surface area contributed by atoms with Crippen molar-refractivity contribution in [1.82, 2.24) is 9.47 Å². The summed E-state index contributed by atoms with van der Waals surface area (Å²) in [6.07, 6.45) is 3.68. The Hall–Kier alpha value is -3.74. The summed E-state index contributed by atoms with van der Waals surface area (Å²) in [6, 6.07) is 19.2. The van der Waals surface area contributed by atoms with Crippen LogP contribution in [0.2, 0.25) is 0 Å². The molecule has 1 aromatic heterocycles. The summed E-state index contributed by atoms with van der Waals surface area (Å²) in [5.41, 5.74) is 4.07. The lowest BCUT2D eigenvalue weighted by atomic mass is 9.82. The molecule has 1 fully saturated rings. The van der Waals surface area contributed by atoms with Crippen molar-refractivity contribution in [3.05, 3.63) is 78.1 Å². The third-order valence-electron chi connectivity index (χ3n) is 6.25. The van der Waals surface area contributed by atoms with E-state index in [0.29, 0.717) is 24.3 Å². The van der Waals surface area contributed by atoms with Crippen molar-refractivity contribution >= 4 is 23.4 Å². The van der Waals surface area contributed by atoms with E-state index in [9.17, 15) is 9.59 Å². The quantitative estimate of drug-likeness (QED) is 0.614. The molecule has 3 heterocycles. The van der Waals surface area contributed by atoms with Crippen LogP contribution in [-0.4, -0.2) is 41.7 Å². The molecule has 31 heavy (non-hydrogen) atoms. The van der Waals surface area contributed by atoms with Crippen molar-refractivity contribution in [3.63, 3.8) is 0 Å². The second kappa shape index (κ2) is 7.50. The number of hydrogen-bond acceptors (Lipinski definition) is 4. The van der Waals surface area contributed by atoms with Crippen LogP contribution in [0.5, 0.6) is 0 Å². The first-order chi connectivity index (χ1) is 15.1. The zero-order valence-corrected chi connectivity index (χ0v) is 17.3. The molecule has 158 valence electrons. The highest BCUT2D eigenvalue weighted by Gasteiger charge is 2.42. The topological polar surface area (TPSA) is 75.6 Å². The standard InChI is InChI=1S/C24H24N4O3/c1-31-22(29)17-7-2-3-8-18(17)25-23(30)27-15-12-24(13-16-27)21-11-6-14-28(21)20-10-5-4-9-19(20)26-24/h2-11,14,26H,12-13,15-16H2,1H3,(H,25,30). The molecule has 5 rings (SSSR count). The monoisotopic (exact) mass is 416 g/mol. The third-order valence-corrected chi connectivity index (χ3v) is 6.25. The number of hydrogen-bond donors (Lipinski definition) is 2. The van der Waals surface area contributed by atoms with Crippen molar-refractivity contribution in [1.29, 1.82) is 0 Å². The van der Waals surface area contributed by atoms with Crippen LogP contribution in [0.15, 0.2) is 66.9 Å². The Bertz CT molecular complexity index is 1140. The van der Waals surface area contributed by atoms with Gasteiger partial charge in [0.25, 0.3) is 0 Å². The highest BCUT2D eigenvalue weighted by atomic mass is 16.5. The average Bonchev–Trinajstić information content (AvgIpc) is 3.31. The van der Waals surface area contributed by atoms with Crippen molar-refractivity contribution in [3.8, 4) is 5.69 Å². The smallest absolute Gasteiger partial charge is 0.339 e. The van der Waals surface area contributed by atoms with Gasteiger partial charge in [0.15, 0.2) is 0 Å². The SMILES string of the molecule is COC(=O)c1ccccc1NC(=O)N1CCC2(CC1)Nc1ccccc1-n1cccc12. The first-order valence-corrected chi connectivity index (χ1v) is 10.4. The van der Waals surface area contributed by atoms with Gasteiger partial charge in [-0.05, 0) is 49.2 Å². The first-order valence-electron chi connectivity index (χ1n) is 10.4. The van der Waals surface area contributed by atoms with E-state index in [1.54, 1.807) is 29.2 Å². The van der Waals surface area contributed by atoms with Crippen molar-refractivity contribution in [2.75, 3.05) is 30.8 Å². The van der Waals surface area contributed by atoms with Crippen molar-refractivity contribution < 1.29 is 14.3 Å². The van der Waals surface area contributed by atoms with E-state index in [1.807, 2.05) is 12.1 Å². The zero-order valence-electron chi connectivity index (χ0n) is 17.3. The van der Waals surface area contributed by atoms with Crippen LogP contribution in [-0.2, 0) is 10.3 Å². The summed E-state index contributed by atoms with van der Waals surface area (Å²) in [6.45, 7) is 1.21. The molecule has 1 spiro atoms. The minimum Gasteiger partial charge on any atom is -0.465 e. The molecule has 7 nitrogen and oxygen atoms in total. The molecule has 2 N–H and O–H groups in total. The molecule has 7 heteroatoms. The molecule has 0 unspecified atom stereocenters. The number of urea groups is 1. The molecular weight excluding hydrogens is 392 g/mol. The van der Waals surface area contributed by atoms with Gasteiger partial charge in [-0.3, -0.25) is 0 Å². The van der Waals surface area contributed by atoms with E-state index >= 15 is 0 Å². The van der Waals surface area contributed by atoms with E-state index < -0.39 is 5.97 Å². The van der Waals surface area contributed by atoms with Crippen LogP contribution in [0.4, 0.5) is 16.2 Å². The Kier molecular flexibility index (Phi) is 4.66. The third kappa shape index (κ3) is 3.22. The highest BCUT2D eigenvalue weighted by Crippen LogP contribution is 2.43. The van der Waals surface area contributed by atoms with Gasteiger partial charge < -0.3 is 24.8 Å². The van der Waals surface area contributed by atoms with Crippen LogP contribution in [0.1, 0.15) is 28.9 Å². The molecule has 2 aliphatic rings. The van der Waals surface area contributed by atoms with E-state index in [1.165, 1.54) is 12.8 Å². The number of likely N-dealkylation sites (tertiary alicyclic amines) is 1. The Morgan fingerprint density at radius 1 is 1.00 bits per heavy atom. The lowest BCUT2D eigenvalue weighted by Gasteiger charge is -2.46. The lowest BCUT2D eigenvalue weighted by molar-refractivity contribution is 0.0602. The Morgan fingerprint density at radius 2 is 1.74 bits per heavy atom. The fourth-order valence-corrected chi connectivity index (χ4v) is 4.64. The molecule has 2 aliphatic heterocycles. The molecule has 1 saturated heterocycles. The summed E-state index contributed by atoms with van der Waals surface area (Å²) in [7, 11) is 1.33. The molecular formula is C24H24N4O3. The van der Waals surface area contributed by atoms with Gasteiger partial charge in [0, 0.05) is 25.0 Å². The number of piperidine rings is 1. The molecule has 0 aliphatic carbocycles. The van der Waals surface area contributed by atoms with E-state index in [2.05, 4.69) is 45.7 Å². The van der Waals surface area contributed by atoms with Gasteiger partial charge in [0.2, 0.25) is 0 Å². The number of para-hydroxylation sites is 3. The molecule has 2 aromatic carbocycles.